The molecule has 0 fully saturated rings. The summed E-state index contributed by atoms with van der Waals surface area (Å²) in [7, 11) is 0. The van der Waals surface area contributed by atoms with Crippen LogP contribution in [0.5, 0.6) is 0 Å². The number of nitrogens with zero attached hydrogens (tertiary/aromatic N) is 5. The van der Waals surface area contributed by atoms with Gasteiger partial charge in [-0.1, -0.05) is 58.8 Å². The molecule has 0 bridgehead atoms. The van der Waals surface area contributed by atoms with Crippen LogP contribution in [0.15, 0.2) is 58.3 Å². The first-order valence-corrected chi connectivity index (χ1v) is 13.1. The summed E-state index contributed by atoms with van der Waals surface area (Å²) in [6.07, 6.45) is 4.76. The van der Waals surface area contributed by atoms with E-state index in [1.807, 2.05) is 36.4 Å². The van der Waals surface area contributed by atoms with Crippen molar-refractivity contribution in [2.24, 2.45) is 10.8 Å². The van der Waals surface area contributed by atoms with Gasteiger partial charge in [-0.05, 0) is 65.4 Å². The Morgan fingerprint density at radius 1 is 1.08 bits per heavy atom. The first-order valence-electron chi connectivity index (χ1n) is 11.5. The highest BCUT2D eigenvalue weighted by Crippen LogP contribution is 2.42. The minimum atomic E-state index is -0.359. The molecule has 0 aliphatic heterocycles. The molecule has 0 amide bonds. The third kappa shape index (κ3) is 4.04. The Morgan fingerprint density at radius 2 is 1.79 bits per heavy atom. The average molecular weight is 558 g/mol. The van der Waals surface area contributed by atoms with Gasteiger partial charge < -0.3 is 5.43 Å². The Balaban J connectivity index is 1.70. The topological polar surface area (TPSA) is 121 Å². The van der Waals surface area contributed by atoms with Gasteiger partial charge in [-0.2, -0.15) is 10.2 Å². The SMILES string of the molecule is N#Cc1sc2nc3nc4c(c(-c5ccc(Cl)cc5)c3c(=O)n2c1/N=C/NN)CC/C4=C\c1ccc(Cl)cc1. The Kier molecular flexibility index (Phi) is 6.18. The van der Waals surface area contributed by atoms with Gasteiger partial charge in [0.05, 0.1) is 11.1 Å². The summed E-state index contributed by atoms with van der Waals surface area (Å²) in [5.41, 5.74) is 7.65. The monoisotopic (exact) mass is 557 g/mol. The summed E-state index contributed by atoms with van der Waals surface area (Å²) >= 11 is 13.3. The highest BCUT2D eigenvalue weighted by Gasteiger charge is 2.28. The van der Waals surface area contributed by atoms with Gasteiger partial charge in [0.1, 0.15) is 12.4 Å². The van der Waals surface area contributed by atoms with Gasteiger partial charge in [-0.15, -0.1) is 0 Å². The van der Waals surface area contributed by atoms with Gasteiger partial charge in [-0.25, -0.2) is 20.2 Å². The fraction of sp³-hybridized carbons (Fsp3) is 0.0741. The fourth-order valence-electron chi connectivity index (χ4n) is 4.74. The number of fused-ring (bicyclic) bond motifs is 3. The Bertz CT molecular complexity index is 1900. The van der Waals surface area contributed by atoms with Crippen LogP contribution in [0.25, 0.3) is 38.8 Å². The molecule has 8 nitrogen and oxygen atoms in total. The van der Waals surface area contributed by atoms with Gasteiger partial charge in [0, 0.05) is 15.6 Å². The zero-order chi connectivity index (χ0) is 26.4. The summed E-state index contributed by atoms with van der Waals surface area (Å²) in [6.45, 7) is 0. The van der Waals surface area contributed by atoms with Gasteiger partial charge in [-0.3, -0.25) is 4.79 Å². The van der Waals surface area contributed by atoms with Crippen LogP contribution < -0.4 is 16.8 Å². The van der Waals surface area contributed by atoms with E-state index in [0.29, 0.717) is 32.5 Å². The van der Waals surface area contributed by atoms with E-state index in [4.69, 9.17) is 39.0 Å². The van der Waals surface area contributed by atoms with E-state index in [2.05, 4.69) is 22.6 Å². The predicted molar refractivity (Wildman–Crippen MR) is 153 cm³/mol. The van der Waals surface area contributed by atoms with Crippen molar-refractivity contribution in [1.29, 1.82) is 5.26 Å². The number of hydrogen-bond donors (Lipinski definition) is 2. The molecule has 0 radical (unpaired) electrons. The van der Waals surface area contributed by atoms with Crippen molar-refractivity contribution >= 4 is 74.3 Å². The fourth-order valence-corrected chi connectivity index (χ4v) is 5.85. The number of aliphatic imine (C=N–C) groups is 1. The van der Waals surface area contributed by atoms with Crippen LogP contribution in [-0.4, -0.2) is 20.7 Å². The maximum absolute atomic E-state index is 14.1. The number of nitrogens with two attached hydrogens (primary N) is 1. The van der Waals surface area contributed by atoms with Crippen LogP contribution >= 0.6 is 34.5 Å². The maximum Gasteiger partial charge on any atom is 0.270 e. The lowest BCUT2D eigenvalue weighted by Gasteiger charge is -2.13. The van der Waals surface area contributed by atoms with E-state index < -0.39 is 0 Å². The molecule has 6 rings (SSSR count). The summed E-state index contributed by atoms with van der Waals surface area (Å²) in [6, 6.07) is 17.1. The first-order chi connectivity index (χ1) is 18.5. The molecule has 38 heavy (non-hydrogen) atoms. The van der Waals surface area contributed by atoms with Gasteiger partial charge in [0.25, 0.3) is 5.56 Å². The smallest absolute Gasteiger partial charge is 0.270 e. The third-order valence-corrected chi connectivity index (χ3v) is 7.79. The van der Waals surface area contributed by atoms with Gasteiger partial charge in [0.2, 0.25) is 4.96 Å². The molecule has 1 aliphatic carbocycles. The normalized spacial score (nSPS) is 14.0. The van der Waals surface area contributed by atoms with Crippen LogP contribution in [0.4, 0.5) is 5.82 Å². The molecule has 3 heterocycles. The third-order valence-electron chi connectivity index (χ3n) is 6.35. The van der Waals surface area contributed by atoms with E-state index in [9.17, 15) is 10.1 Å². The zero-order valence-electron chi connectivity index (χ0n) is 19.6. The number of nitrogens with one attached hydrogen (secondary N) is 1. The van der Waals surface area contributed by atoms with Crippen molar-refractivity contribution in [3.8, 4) is 17.2 Å². The molecule has 0 atom stereocenters. The largest absolute Gasteiger partial charge is 0.315 e. The molecular weight excluding hydrogens is 541 g/mol. The molecule has 3 N–H and O–H groups in total. The highest BCUT2D eigenvalue weighted by atomic mass is 35.5. The molecule has 0 unspecified atom stereocenters. The van der Waals surface area contributed by atoms with E-state index in [-0.39, 0.29) is 16.3 Å². The number of halogens is 2. The molecule has 0 saturated carbocycles. The number of pyridine rings is 1. The number of thiazole rings is 1. The van der Waals surface area contributed by atoms with Crippen LogP contribution in [0.3, 0.4) is 0 Å². The van der Waals surface area contributed by atoms with Crippen LogP contribution in [0, 0.1) is 11.3 Å². The standard InChI is InChI=1S/C27H17Cl2N7OS/c28-17-6-1-14(2-7-17)11-16-5-10-19-21(15-3-8-18(29)9-4-15)22-24(34-23(16)19)35-27-36(26(22)37)25(32-13-33-31)20(12-30)38-27/h1-4,6-9,11,13H,5,10,31H2,(H,32,33)/b16-11+. The summed E-state index contributed by atoms with van der Waals surface area (Å²) < 4.78 is 1.34. The molecule has 11 heteroatoms. The van der Waals surface area contributed by atoms with E-state index in [1.54, 1.807) is 12.1 Å². The summed E-state index contributed by atoms with van der Waals surface area (Å²) in [4.78, 5) is 28.5. The number of hydrazine groups is 1. The Hall–Kier alpha value is -4.07. The van der Waals surface area contributed by atoms with E-state index >= 15 is 0 Å². The molecule has 0 spiro atoms. The summed E-state index contributed by atoms with van der Waals surface area (Å²) in [5, 5.41) is 11.3. The van der Waals surface area contributed by atoms with Crippen molar-refractivity contribution in [1.82, 2.24) is 19.8 Å². The Morgan fingerprint density at radius 3 is 2.47 bits per heavy atom. The minimum Gasteiger partial charge on any atom is -0.315 e. The summed E-state index contributed by atoms with van der Waals surface area (Å²) in [5.74, 6) is 5.51. The predicted octanol–water partition coefficient (Wildman–Crippen LogP) is 5.76. The lowest BCUT2D eigenvalue weighted by molar-refractivity contribution is 1.04. The number of aromatic nitrogens is 3. The average Bonchev–Trinajstić information content (AvgIpc) is 3.49. The maximum atomic E-state index is 14.1. The van der Waals surface area contributed by atoms with Crippen molar-refractivity contribution in [2.75, 3.05) is 0 Å². The zero-order valence-corrected chi connectivity index (χ0v) is 21.9. The lowest BCUT2D eigenvalue weighted by atomic mass is 9.96. The number of allylic oxidation sites excluding steroid dienone is 1. The minimum absolute atomic E-state index is 0.163. The Labute approximate surface area is 230 Å². The number of nitriles is 1. The molecule has 1 aliphatic rings. The molecule has 186 valence electrons. The molecule has 5 aromatic rings. The second kappa shape index (κ2) is 9.67. The van der Waals surface area contributed by atoms with Crippen LogP contribution in [0.2, 0.25) is 10.0 Å². The van der Waals surface area contributed by atoms with E-state index in [0.717, 1.165) is 51.3 Å². The quantitative estimate of drug-likeness (QED) is 0.125. The molecule has 3 aromatic heterocycles. The van der Waals surface area contributed by atoms with Crippen molar-refractivity contribution in [3.05, 3.63) is 90.6 Å². The number of hydrogen-bond acceptors (Lipinski definition) is 7. The lowest BCUT2D eigenvalue weighted by Crippen LogP contribution is -2.20. The van der Waals surface area contributed by atoms with Gasteiger partial charge in [0.15, 0.2) is 16.3 Å². The van der Waals surface area contributed by atoms with Gasteiger partial charge >= 0.3 is 0 Å². The highest BCUT2D eigenvalue weighted by molar-refractivity contribution is 7.18. The molecule has 0 saturated heterocycles. The van der Waals surface area contributed by atoms with E-state index in [1.165, 1.54) is 10.7 Å². The molecular formula is C27H17Cl2N7OS. The second-order valence-electron chi connectivity index (χ2n) is 8.57. The van der Waals surface area contributed by atoms with Crippen LogP contribution in [0.1, 0.15) is 28.1 Å². The molecule has 2 aromatic carbocycles. The van der Waals surface area contributed by atoms with Crippen molar-refractivity contribution < 1.29 is 0 Å². The van der Waals surface area contributed by atoms with Crippen molar-refractivity contribution in [2.45, 2.75) is 12.8 Å². The van der Waals surface area contributed by atoms with Crippen molar-refractivity contribution in [3.63, 3.8) is 0 Å². The first kappa shape index (κ1) is 24.3. The van der Waals surface area contributed by atoms with Crippen LogP contribution in [-0.2, 0) is 6.42 Å². The number of benzene rings is 2. The second-order valence-corrected chi connectivity index (χ2v) is 10.4. The number of rotatable bonds is 4.